The Hall–Kier alpha value is -1.65. The van der Waals surface area contributed by atoms with Crippen molar-refractivity contribution in [3.8, 4) is 0 Å². The van der Waals surface area contributed by atoms with Crippen LogP contribution in [0.4, 0.5) is 0 Å². The van der Waals surface area contributed by atoms with E-state index in [1.54, 1.807) is 0 Å². The van der Waals surface area contributed by atoms with Gasteiger partial charge in [0.2, 0.25) is 0 Å². The van der Waals surface area contributed by atoms with Gasteiger partial charge in [-0.2, -0.15) is 0 Å². The number of piperidine rings is 1. The number of nitrogens with two attached hydrogens (primary N) is 1. The van der Waals surface area contributed by atoms with Crippen LogP contribution in [0.3, 0.4) is 0 Å². The SMILES string of the molecule is NCCc1cncn1C1CCCN(Cc2ccccc2)C1. The summed E-state index contributed by atoms with van der Waals surface area (Å²) < 4.78 is 2.34. The molecule has 1 fully saturated rings. The van der Waals surface area contributed by atoms with Gasteiger partial charge in [-0.25, -0.2) is 4.98 Å². The van der Waals surface area contributed by atoms with Crippen LogP contribution in [0.25, 0.3) is 0 Å². The average molecular weight is 284 g/mol. The van der Waals surface area contributed by atoms with E-state index in [1.807, 2.05) is 12.5 Å². The minimum absolute atomic E-state index is 0.534. The van der Waals surface area contributed by atoms with Gasteiger partial charge in [-0.15, -0.1) is 0 Å². The smallest absolute Gasteiger partial charge is 0.0951 e. The number of aromatic nitrogens is 2. The van der Waals surface area contributed by atoms with Crippen molar-refractivity contribution in [3.05, 3.63) is 54.1 Å². The summed E-state index contributed by atoms with van der Waals surface area (Å²) in [5.41, 5.74) is 8.36. The maximum Gasteiger partial charge on any atom is 0.0951 e. The molecule has 1 unspecified atom stereocenters. The van der Waals surface area contributed by atoms with Gasteiger partial charge in [-0.1, -0.05) is 30.3 Å². The highest BCUT2D eigenvalue weighted by Gasteiger charge is 2.22. The van der Waals surface area contributed by atoms with Crippen molar-refractivity contribution in [2.45, 2.75) is 31.8 Å². The summed E-state index contributed by atoms with van der Waals surface area (Å²) in [4.78, 5) is 6.87. The van der Waals surface area contributed by atoms with Crippen LogP contribution in [0.2, 0.25) is 0 Å². The number of imidazole rings is 1. The number of hydrogen-bond donors (Lipinski definition) is 1. The van der Waals surface area contributed by atoms with Crippen molar-refractivity contribution < 1.29 is 0 Å². The third kappa shape index (κ3) is 3.52. The van der Waals surface area contributed by atoms with E-state index < -0.39 is 0 Å². The van der Waals surface area contributed by atoms with Gasteiger partial charge in [0.05, 0.1) is 6.33 Å². The first-order chi connectivity index (χ1) is 10.4. The van der Waals surface area contributed by atoms with Gasteiger partial charge in [0.25, 0.3) is 0 Å². The zero-order chi connectivity index (χ0) is 14.5. The van der Waals surface area contributed by atoms with Gasteiger partial charge >= 0.3 is 0 Å². The number of benzene rings is 1. The zero-order valence-electron chi connectivity index (χ0n) is 12.5. The molecular formula is C17H24N4. The van der Waals surface area contributed by atoms with Crippen LogP contribution in [0.15, 0.2) is 42.9 Å². The minimum atomic E-state index is 0.534. The standard InChI is InChI=1S/C17H24N4/c18-9-8-16-11-19-14-21(16)17-7-4-10-20(13-17)12-15-5-2-1-3-6-15/h1-3,5-6,11,14,17H,4,7-10,12-13,18H2. The maximum atomic E-state index is 5.70. The Balaban J connectivity index is 1.66. The van der Waals surface area contributed by atoms with E-state index in [0.29, 0.717) is 12.6 Å². The molecule has 2 heterocycles. The van der Waals surface area contributed by atoms with Gasteiger partial charge < -0.3 is 10.3 Å². The topological polar surface area (TPSA) is 47.1 Å². The fourth-order valence-electron chi connectivity index (χ4n) is 3.25. The van der Waals surface area contributed by atoms with E-state index in [-0.39, 0.29) is 0 Å². The van der Waals surface area contributed by atoms with Gasteiger partial charge in [-0.3, -0.25) is 4.90 Å². The predicted octanol–water partition coefficient (Wildman–Crippen LogP) is 2.22. The Kier molecular flexibility index (Phi) is 4.68. The first-order valence-electron chi connectivity index (χ1n) is 7.84. The summed E-state index contributed by atoms with van der Waals surface area (Å²) in [6, 6.07) is 11.3. The van der Waals surface area contributed by atoms with Gasteiger partial charge in [0, 0.05) is 37.4 Å². The van der Waals surface area contributed by atoms with Crippen molar-refractivity contribution in [1.82, 2.24) is 14.5 Å². The molecule has 4 heteroatoms. The maximum absolute atomic E-state index is 5.70. The molecule has 2 N–H and O–H groups in total. The number of rotatable bonds is 5. The molecule has 0 radical (unpaired) electrons. The highest BCUT2D eigenvalue weighted by molar-refractivity contribution is 5.14. The Labute approximate surface area is 126 Å². The minimum Gasteiger partial charge on any atom is -0.330 e. The molecule has 0 amide bonds. The van der Waals surface area contributed by atoms with Crippen molar-refractivity contribution in [1.29, 1.82) is 0 Å². The van der Waals surface area contributed by atoms with Gasteiger partial charge in [0.1, 0.15) is 0 Å². The number of nitrogens with zero attached hydrogens (tertiary/aromatic N) is 3. The second kappa shape index (κ2) is 6.87. The lowest BCUT2D eigenvalue weighted by Gasteiger charge is -2.34. The van der Waals surface area contributed by atoms with E-state index >= 15 is 0 Å². The third-order valence-electron chi connectivity index (χ3n) is 4.27. The molecule has 1 saturated heterocycles. The van der Waals surface area contributed by atoms with E-state index in [4.69, 9.17) is 5.73 Å². The molecule has 3 rings (SSSR count). The molecule has 0 saturated carbocycles. The molecule has 21 heavy (non-hydrogen) atoms. The summed E-state index contributed by atoms with van der Waals surface area (Å²) in [6.45, 7) is 4.01. The Morgan fingerprint density at radius 3 is 2.90 bits per heavy atom. The molecule has 1 aromatic carbocycles. The second-order valence-corrected chi connectivity index (χ2v) is 5.85. The van der Waals surface area contributed by atoms with E-state index in [1.165, 1.54) is 30.6 Å². The molecule has 2 aromatic rings. The molecular weight excluding hydrogens is 260 g/mol. The summed E-state index contributed by atoms with van der Waals surface area (Å²) in [7, 11) is 0. The highest BCUT2D eigenvalue weighted by atomic mass is 15.2. The summed E-state index contributed by atoms with van der Waals surface area (Å²) in [6.07, 6.45) is 7.33. The van der Waals surface area contributed by atoms with E-state index in [9.17, 15) is 0 Å². The van der Waals surface area contributed by atoms with Gasteiger partial charge in [-0.05, 0) is 31.5 Å². The predicted molar refractivity (Wildman–Crippen MR) is 85.0 cm³/mol. The van der Waals surface area contributed by atoms with Crippen LogP contribution in [-0.4, -0.2) is 34.1 Å². The molecule has 1 aromatic heterocycles. The fraction of sp³-hybridized carbons (Fsp3) is 0.471. The molecule has 1 aliphatic heterocycles. The van der Waals surface area contributed by atoms with Crippen LogP contribution in [0, 0.1) is 0 Å². The molecule has 0 aliphatic carbocycles. The van der Waals surface area contributed by atoms with Crippen molar-refractivity contribution in [2.24, 2.45) is 5.73 Å². The van der Waals surface area contributed by atoms with E-state index in [0.717, 1.165) is 19.5 Å². The number of hydrogen-bond acceptors (Lipinski definition) is 3. The van der Waals surface area contributed by atoms with Crippen LogP contribution < -0.4 is 5.73 Å². The second-order valence-electron chi connectivity index (χ2n) is 5.85. The van der Waals surface area contributed by atoms with Gasteiger partial charge in [0.15, 0.2) is 0 Å². The Morgan fingerprint density at radius 2 is 2.10 bits per heavy atom. The van der Waals surface area contributed by atoms with Crippen LogP contribution >= 0.6 is 0 Å². The third-order valence-corrected chi connectivity index (χ3v) is 4.27. The van der Waals surface area contributed by atoms with Crippen LogP contribution in [-0.2, 0) is 13.0 Å². The summed E-state index contributed by atoms with van der Waals surface area (Å²) in [5, 5.41) is 0. The quantitative estimate of drug-likeness (QED) is 0.916. The zero-order valence-corrected chi connectivity index (χ0v) is 12.5. The lowest BCUT2D eigenvalue weighted by atomic mass is 10.0. The average Bonchev–Trinajstić information content (AvgIpc) is 2.97. The molecule has 0 spiro atoms. The van der Waals surface area contributed by atoms with Crippen molar-refractivity contribution in [2.75, 3.05) is 19.6 Å². The number of likely N-dealkylation sites (tertiary alicyclic amines) is 1. The van der Waals surface area contributed by atoms with Crippen LogP contribution in [0.5, 0.6) is 0 Å². The lowest BCUT2D eigenvalue weighted by molar-refractivity contribution is 0.168. The van der Waals surface area contributed by atoms with Crippen molar-refractivity contribution in [3.63, 3.8) is 0 Å². The normalized spacial score (nSPS) is 19.8. The molecule has 1 atom stereocenters. The highest BCUT2D eigenvalue weighted by Crippen LogP contribution is 2.24. The largest absolute Gasteiger partial charge is 0.330 e. The Morgan fingerprint density at radius 1 is 1.24 bits per heavy atom. The van der Waals surface area contributed by atoms with Crippen molar-refractivity contribution >= 4 is 0 Å². The van der Waals surface area contributed by atoms with Crippen LogP contribution in [0.1, 0.15) is 30.1 Å². The molecule has 1 aliphatic rings. The fourth-order valence-corrected chi connectivity index (χ4v) is 3.25. The Bertz CT molecular complexity index is 549. The summed E-state index contributed by atoms with van der Waals surface area (Å²) in [5.74, 6) is 0. The molecule has 0 bridgehead atoms. The monoisotopic (exact) mass is 284 g/mol. The first kappa shape index (κ1) is 14.3. The first-order valence-corrected chi connectivity index (χ1v) is 7.84. The molecule has 112 valence electrons. The molecule has 4 nitrogen and oxygen atoms in total. The summed E-state index contributed by atoms with van der Waals surface area (Å²) >= 11 is 0. The lowest BCUT2D eigenvalue weighted by Crippen LogP contribution is -2.36. The van der Waals surface area contributed by atoms with E-state index in [2.05, 4.69) is 44.8 Å².